The summed E-state index contributed by atoms with van der Waals surface area (Å²) in [5, 5.41) is 3.73. The van der Waals surface area contributed by atoms with Crippen LogP contribution < -0.4 is 10.1 Å². The van der Waals surface area contributed by atoms with Crippen molar-refractivity contribution in [1.29, 1.82) is 0 Å². The maximum atomic E-state index is 5.35. The SMILES string of the molecule is COc1ccc2c(c1)CC(Nc1cc(C)ccc1C)CC2. The van der Waals surface area contributed by atoms with E-state index in [0.717, 1.165) is 18.6 Å². The Morgan fingerprint density at radius 3 is 2.71 bits per heavy atom. The molecule has 0 saturated carbocycles. The molecule has 1 atom stereocenters. The fourth-order valence-electron chi connectivity index (χ4n) is 3.09. The molecule has 0 aromatic heterocycles. The molecule has 0 fully saturated rings. The van der Waals surface area contributed by atoms with Gasteiger partial charge >= 0.3 is 0 Å². The molecule has 110 valence electrons. The van der Waals surface area contributed by atoms with Gasteiger partial charge in [0.25, 0.3) is 0 Å². The molecule has 1 aliphatic rings. The van der Waals surface area contributed by atoms with E-state index >= 15 is 0 Å². The normalized spacial score (nSPS) is 17.2. The Labute approximate surface area is 127 Å². The lowest BCUT2D eigenvalue weighted by Gasteiger charge is -2.27. The third kappa shape index (κ3) is 3.05. The van der Waals surface area contributed by atoms with Gasteiger partial charge in [0.1, 0.15) is 5.75 Å². The van der Waals surface area contributed by atoms with E-state index in [-0.39, 0.29) is 0 Å². The number of methoxy groups -OCH3 is 1. The predicted octanol–water partition coefficient (Wildman–Crippen LogP) is 4.28. The van der Waals surface area contributed by atoms with Gasteiger partial charge in [0, 0.05) is 11.7 Å². The third-order valence-corrected chi connectivity index (χ3v) is 4.39. The van der Waals surface area contributed by atoms with Crippen molar-refractivity contribution in [3.05, 3.63) is 58.7 Å². The highest BCUT2D eigenvalue weighted by Gasteiger charge is 2.19. The lowest BCUT2D eigenvalue weighted by molar-refractivity contribution is 0.413. The van der Waals surface area contributed by atoms with Crippen LogP contribution in [0.3, 0.4) is 0 Å². The van der Waals surface area contributed by atoms with Gasteiger partial charge in [-0.2, -0.15) is 0 Å². The number of hydrogen-bond donors (Lipinski definition) is 1. The van der Waals surface area contributed by atoms with E-state index in [2.05, 4.69) is 55.6 Å². The molecule has 1 unspecified atom stereocenters. The molecule has 3 rings (SSSR count). The van der Waals surface area contributed by atoms with Gasteiger partial charge in [-0.1, -0.05) is 18.2 Å². The second-order valence-electron chi connectivity index (χ2n) is 6.04. The lowest BCUT2D eigenvalue weighted by Crippen LogP contribution is -2.27. The van der Waals surface area contributed by atoms with Gasteiger partial charge < -0.3 is 10.1 Å². The minimum absolute atomic E-state index is 0.505. The Bertz CT molecular complexity index is 648. The van der Waals surface area contributed by atoms with Crippen LogP contribution in [-0.2, 0) is 12.8 Å². The van der Waals surface area contributed by atoms with Gasteiger partial charge in [0.05, 0.1) is 7.11 Å². The fourth-order valence-corrected chi connectivity index (χ4v) is 3.09. The molecule has 21 heavy (non-hydrogen) atoms. The molecular weight excluding hydrogens is 258 g/mol. The van der Waals surface area contributed by atoms with Crippen molar-refractivity contribution in [2.24, 2.45) is 0 Å². The quantitative estimate of drug-likeness (QED) is 0.906. The summed E-state index contributed by atoms with van der Waals surface area (Å²) in [6, 6.07) is 13.6. The number of benzene rings is 2. The van der Waals surface area contributed by atoms with E-state index in [1.165, 1.54) is 34.4 Å². The van der Waals surface area contributed by atoms with Crippen molar-refractivity contribution in [3.8, 4) is 5.75 Å². The zero-order valence-electron chi connectivity index (χ0n) is 13.1. The maximum Gasteiger partial charge on any atom is 0.119 e. The van der Waals surface area contributed by atoms with E-state index in [1.807, 2.05) is 0 Å². The van der Waals surface area contributed by atoms with Crippen LogP contribution in [0.15, 0.2) is 36.4 Å². The van der Waals surface area contributed by atoms with E-state index in [9.17, 15) is 0 Å². The largest absolute Gasteiger partial charge is 0.497 e. The molecule has 2 heteroatoms. The summed E-state index contributed by atoms with van der Waals surface area (Å²) in [4.78, 5) is 0. The average Bonchev–Trinajstić information content (AvgIpc) is 2.50. The van der Waals surface area contributed by atoms with E-state index in [4.69, 9.17) is 4.74 Å². The fraction of sp³-hybridized carbons (Fsp3) is 0.368. The molecule has 0 amide bonds. The Morgan fingerprint density at radius 1 is 1.05 bits per heavy atom. The number of hydrogen-bond acceptors (Lipinski definition) is 2. The number of nitrogens with one attached hydrogen (secondary N) is 1. The third-order valence-electron chi connectivity index (χ3n) is 4.39. The summed E-state index contributed by atoms with van der Waals surface area (Å²) in [6.07, 6.45) is 3.40. The first-order valence-corrected chi connectivity index (χ1v) is 7.65. The van der Waals surface area contributed by atoms with Gasteiger partial charge in [0.15, 0.2) is 0 Å². The number of rotatable bonds is 3. The van der Waals surface area contributed by atoms with Crippen LogP contribution in [0, 0.1) is 13.8 Å². The summed E-state index contributed by atoms with van der Waals surface area (Å²) in [6.45, 7) is 4.31. The Kier molecular flexibility index (Phi) is 3.87. The number of ether oxygens (including phenoxy) is 1. The summed E-state index contributed by atoms with van der Waals surface area (Å²) in [5.74, 6) is 0.959. The Hall–Kier alpha value is -1.96. The maximum absolute atomic E-state index is 5.35. The van der Waals surface area contributed by atoms with E-state index in [1.54, 1.807) is 7.11 Å². The highest BCUT2D eigenvalue weighted by atomic mass is 16.5. The minimum Gasteiger partial charge on any atom is -0.497 e. The standard InChI is InChI=1S/C19H23NO/c1-13-4-5-14(2)19(10-13)20-17-8-6-15-7-9-18(21-3)12-16(15)11-17/h4-5,7,9-10,12,17,20H,6,8,11H2,1-3H3. The average molecular weight is 281 g/mol. The lowest BCUT2D eigenvalue weighted by atomic mass is 9.88. The van der Waals surface area contributed by atoms with Crippen molar-refractivity contribution >= 4 is 5.69 Å². The molecule has 0 heterocycles. The summed E-state index contributed by atoms with van der Waals surface area (Å²) in [5.41, 5.74) is 6.78. The highest BCUT2D eigenvalue weighted by Crippen LogP contribution is 2.28. The van der Waals surface area contributed by atoms with E-state index < -0.39 is 0 Å². The van der Waals surface area contributed by atoms with Crippen LogP contribution in [0.2, 0.25) is 0 Å². The van der Waals surface area contributed by atoms with Gasteiger partial charge in [-0.25, -0.2) is 0 Å². The van der Waals surface area contributed by atoms with E-state index in [0.29, 0.717) is 6.04 Å². The summed E-state index contributed by atoms with van der Waals surface area (Å²) < 4.78 is 5.35. The second-order valence-corrected chi connectivity index (χ2v) is 6.04. The molecule has 0 spiro atoms. The van der Waals surface area contributed by atoms with Crippen molar-refractivity contribution in [1.82, 2.24) is 0 Å². The monoisotopic (exact) mass is 281 g/mol. The summed E-state index contributed by atoms with van der Waals surface area (Å²) in [7, 11) is 1.73. The summed E-state index contributed by atoms with van der Waals surface area (Å²) >= 11 is 0. The molecule has 2 nitrogen and oxygen atoms in total. The van der Waals surface area contributed by atoms with Gasteiger partial charge in [-0.3, -0.25) is 0 Å². The number of aryl methyl sites for hydroxylation is 3. The smallest absolute Gasteiger partial charge is 0.119 e. The van der Waals surface area contributed by atoms with Crippen LogP contribution in [0.25, 0.3) is 0 Å². The molecule has 1 N–H and O–H groups in total. The van der Waals surface area contributed by atoms with Crippen LogP contribution in [0.5, 0.6) is 5.75 Å². The van der Waals surface area contributed by atoms with Crippen molar-refractivity contribution < 1.29 is 4.74 Å². The van der Waals surface area contributed by atoms with Crippen molar-refractivity contribution in [2.45, 2.75) is 39.2 Å². The predicted molar refractivity (Wildman–Crippen MR) is 88.3 cm³/mol. The van der Waals surface area contributed by atoms with Crippen LogP contribution in [-0.4, -0.2) is 13.2 Å². The van der Waals surface area contributed by atoms with Gasteiger partial charge in [0.2, 0.25) is 0 Å². The first kappa shape index (κ1) is 14.0. The molecule has 0 radical (unpaired) electrons. The molecule has 0 bridgehead atoms. The topological polar surface area (TPSA) is 21.3 Å². The minimum atomic E-state index is 0.505. The molecule has 2 aromatic carbocycles. The van der Waals surface area contributed by atoms with Gasteiger partial charge in [-0.05, 0) is 73.6 Å². The van der Waals surface area contributed by atoms with Crippen molar-refractivity contribution in [2.75, 3.05) is 12.4 Å². The molecule has 1 aliphatic carbocycles. The zero-order valence-corrected chi connectivity index (χ0v) is 13.1. The Morgan fingerprint density at radius 2 is 1.90 bits per heavy atom. The number of fused-ring (bicyclic) bond motifs is 1. The Balaban J connectivity index is 1.78. The number of anilines is 1. The van der Waals surface area contributed by atoms with Crippen LogP contribution >= 0.6 is 0 Å². The van der Waals surface area contributed by atoms with Crippen molar-refractivity contribution in [3.63, 3.8) is 0 Å². The molecular formula is C19H23NO. The second kappa shape index (κ2) is 5.80. The zero-order chi connectivity index (χ0) is 14.8. The highest BCUT2D eigenvalue weighted by molar-refractivity contribution is 5.53. The first-order valence-electron chi connectivity index (χ1n) is 7.65. The molecule has 0 aliphatic heterocycles. The molecule has 2 aromatic rings. The van der Waals surface area contributed by atoms with Crippen LogP contribution in [0.4, 0.5) is 5.69 Å². The molecule has 0 saturated heterocycles. The first-order chi connectivity index (χ1) is 10.2. The van der Waals surface area contributed by atoms with Crippen LogP contribution in [0.1, 0.15) is 28.7 Å². The van der Waals surface area contributed by atoms with Gasteiger partial charge in [-0.15, -0.1) is 0 Å².